The summed E-state index contributed by atoms with van der Waals surface area (Å²) < 4.78 is 0. The van der Waals surface area contributed by atoms with E-state index in [9.17, 15) is 0 Å². The van der Waals surface area contributed by atoms with Crippen molar-refractivity contribution in [2.75, 3.05) is 0 Å². The predicted octanol–water partition coefficient (Wildman–Crippen LogP) is 4.99. The lowest BCUT2D eigenvalue weighted by atomic mass is 9.50. The molecule has 1 fully saturated rings. The second-order valence-electron chi connectivity index (χ2n) is 6.09. The van der Waals surface area contributed by atoms with Gasteiger partial charge in [-0.1, -0.05) is 48.5 Å². The van der Waals surface area contributed by atoms with Gasteiger partial charge in [0, 0.05) is 0 Å². The van der Waals surface area contributed by atoms with E-state index in [0.717, 1.165) is 29.6 Å². The average molecular weight is 210 g/mol. The van der Waals surface area contributed by atoms with E-state index in [2.05, 4.69) is 48.5 Å². The second-order valence-corrected chi connectivity index (χ2v) is 6.09. The maximum absolute atomic E-state index is 2.50. The fourth-order valence-corrected chi connectivity index (χ4v) is 4.39. The normalized spacial score (nSPS) is 45.4. The molecule has 90 valence electrons. The van der Waals surface area contributed by atoms with Crippen LogP contribution in [0, 0.1) is 35.0 Å². The SMILES string of the molecule is CCC1(CC)C(C)C(C)C(C)C(C)C1C. The van der Waals surface area contributed by atoms with Crippen LogP contribution in [0.15, 0.2) is 0 Å². The number of hydrogen-bond donors (Lipinski definition) is 0. The molecule has 0 heteroatoms. The van der Waals surface area contributed by atoms with Crippen LogP contribution in [0.2, 0.25) is 0 Å². The van der Waals surface area contributed by atoms with Gasteiger partial charge >= 0.3 is 0 Å². The Balaban J connectivity index is 3.05. The fraction of sp³-hybridized carbons (Fsp3) is 1.00. The number of rotatable bonds is 2. The minimum absolute atomic E-state index is 0.603. The van der Waals surface area contributed by atoms with E-state index in [1.807, 2.05) is 0 Å². The lowest BCUT2D eigenvalue weighted by molar-refractivity contribution is -0.0689. The van der Waals surface area contributed by atoms with Crippen molar-refractivity contribution in [3.63, 3.8) is 0 Å². The highest BCUT2D eigenvalue weighted by atomic mass is 14.5. The molecule has 1 saturated carbocycles. The van der Waals surface area contributed by atoms with Gasteiger partial charge in [-0.2, -0.15) is 0 Å². The summed E-state index contributed by atoms with van der Waals surface area (Å²) >= 11 is 0. The highest BCUT2D eigenvalue weighted by molar-refractivity contribution is 4.97. The van der Waals surface area contributed by atoms with Gasteiger partial charge in [-0.3, -0.25) is 0 Å². The monoisotopic (exact) mass is 210 g/mol. The molecular formula is C15H30. The van der Waals surface area contributed by atoms with Crippen LogP contribution in [0.25, 0.3) is 0 Å². The van der Waals surface area contributed by atoms with Crippen LogP contribution in [-0.4, -0.2) is 0 Å². The molecule has 4 atom stereocenters. The minimum Gasteiger partial charge on any atom is -0.0648 e. The van der Waals surface area contributed by atoms with E-state index in [0.29, 0.717) is 5.41 Å². The molecule has 0 bridgehead atoms. The highest BCUT2D eigenvalue weighted by Crippen LogP contribution is 2.56. The summed E-state index contributed by atoms with van der Waals surface area (Å²) in [4.78, 5) is 0. The smallest absolute Gasteiger partial charge is 0.0246 e. The molecular weight excluding hydrogens is 180 g/mol. The van der Waals surface area contributed by atoms with E-state index >= 15 is 0 Å². The summed E-state index contributed by atoms with van der Waals surface area (Å²) in [6.45, 7) is 17.2. The van der Waals surface area contributed by atoms with Crippen molar-refractivity contribution in [3.8, 4) is 0 Å². The molecule has 15 heavy (non-hydrogen) atoms. The summed E-state index contributed by atoms with van der Waals surface area (Å²) in [6, 6.07) is 0. The van der Waals surface area contributed by atoms with Crippen molar-refractivity contribution >= 4 is 0 Å². The molecule has 1 aliphatic carbocycles. The zero-order valence-electron chi connectivity index (χ0n) is 11.8. The van der Waals surface area contributed by atoms with Crippen LogP contribution >= 0.6 is 0 Å². The summed E-state index contributed by atoms with van der Waals surface area (Å²) in [7, 11) is 0. The molecule has 0 N–H and O–H groups in total. The highest BCUT2D eigenvalue weighted by Gasteiger charge is 2.49. The lowest BCUT2D eigenvalue weighted by Gasteiger charge is -2.55. The average Bonchev–Trinajstić information content (AvgIpc) is 2.26. The quantitative estimate of drug-likeness (QED) is 0.602. The van der Waals surface area contributed by atoms with E-state index in [4.69, 9.17) is 0 Å². The van der Waals surface area contributed by atoms with Crippen molar-refractivity contribution in [1.82, 2.24) is 0 Å². The van der Waals surface area contributed by atoms with Gasteiger partial charge in [0.05, 0.1) is 0 Å². The first-order valence-electron chi connectivity index (χ1n) is 6.92. The summed E-state index contributed by atoms with van der Waals surface area (Å²) in [5.74, 6) is 4.43. The van der Waals surface area contributed by atoms with E-state index < -0.39 is 0 Å². The molecule has 0 heterocycles. The first-order chi connectivity index (χ1) is 6.92. The molecule has 0 saturated heterocycles. The van der Waals surface area contributed by atoms with Gasteiger partial charge in [0.25, 0.3) is 0 Å². The Kier molecular flexibility index (Phi) is 3.90. The first-order valence-corrected chi connectivity index (χ1v) is 6.92. The maximum atomic E-state index is 2.50. The summed E-state index contributed by atoms with van der Waals surface area (Å²) in [5, 5.41) is 0. The molecule has 0 radical (unpaired) electrons. The van der Waals surface area contributed by atoms with Crippen LogP contribution in [-0.2, 0) is 0 Å². The molecule has 0 aromatic heterocycles. The Morgan fingerprint density at radius 2 is 1.00 bits per heavy atom. The van der Waals surface area contributed by atoms with Crippen molar-refractivity contribution in [2.45, 2.75) is 61.3 Å². The largest absolute Gasteiger partial charge is 0.0648 e. The van der Waals surface area contributed by atoms with Crippen LogP contribution in [0.4, 0.5) is 0 Å². The minimum atomic E-state index is 0.603. The van der Waals surface area contributed by atoms with Crippen molar-refractivity contribution in [1.29, 1.82) is 0 Å². The fourth-order valence-electron chi connectivity index (χ4n) is 4.39. The molecule has 0 aromatic rings. The van der Waals surface area contributed by atoms with Crippen LogP contribution in [0.3, 0.4) is 0 Å². The third kappa shape index (κ3) is 1.74. The van der Waals surface area contributed by atoms with Gasteiger partial charge in [-0.25, -0.2) is 0 Å². The summed E-state index contributed by atoms with van der Waals surface area (Å²) in [6.07, 6.45) is 2.71. The van der Waals surface area contributed by atoms with E-state index in [1.54, 1.807) is 0 Å². The van der Waals surface area contributed by atoms with E-state index in [1.165, 1.54) is 12.8 Å². The lowest BCUT2D eigenvalue weighted by Crippen LogP contribution is -2.49. The summed E-state index contributed by atoms with van der Waals surface area (Å²) in [5.41, 5.74) is 0.603. The zero-order chi connectivity index (χ0) is 11.8. The van der Waals surface area contributed by atoms with Crippen molar-refractivity contribution in [3.05, 3.63) is 0 Å². The van der Waals surface area contributed by atoms with Gasteiger partial charge in [-0.05, 0) is 47.8 Å². The van der Waals surface area contributed by atoms with Crippen molar-refractivity contribution in [2.24, 2.45) is 35.0 Å². The van der Waals surface area contributed by atoms with Gasteiger partial charge in [-0.15, -0.1) is 0 Å². The third-order valence-corrected chi connectivity index (χ3v) is 6.37. The molecule has 1 rings (SSSR count). The van der Waals surface area contributed by atoms with Gasteiger partial charge in [0.2, 0.25) is 0 Å². The molecule has 1 aliphatic rings. The molecule has 0 amide bonds. The Labute approximate surface area is 96.8 Å². The Bertz CT molecular complexity index is 184. The maximum Gasteiger partial charge on any atom is -0.0246 e. The molecule has 0 aliphatic heterocycles. The first kappa shape index (κ1) is 13.1. The Hall–Kier alpha value is 0. The zero-order valence-corrected chi connectivity index (χ0v) is 11.8. The van der Waals surface area contributed by atoms with Crippen LogP contribution in [0.5, 0.6) is 0 Å². The number of hydrogen-bond acceptors (Lipinski definition) is 0. The van der Waals surface area contributed by atoms with Gasteiger partial charge in [0.1, 0.15) is 0 Å². The van der Waals surface area contributed by atoms with Gasteiger partial charge < -0.3 is 0 Å². The standard InChI is InChI=1S/C15H30/c1-8-15(9-2)13(6)11(4)10(3)12(5)14(15)7/h10-14H,8-9H2,1-7H3. The Morgan fingerprint density at radius 1 is 0.667 bits per heavy atom. The molecule has 0 nitrogen and oxygen atoms in total. The molecule has 4 unspecified atom stereocenters. The molecule has 0 aromatic carbocycles. The third-order valence-electron chi connectivity index (χ3n) is 6.37. The topological polar surface area (TPSA) is 0 Å². The van der Waals surface area contributed by atoms with E-state index in [-0.39, 0.29) is 0 Å². The van der Waals surface area contributed by atoms with Crippen LogP contribution < -0.4 is 0 Å². The van der Waals surface area contributed by atoms with Crippen LogP contribution in [0.1, 0.15) is 61.3 Å². The Morgan fingerprint density at radius 3 is 1.27 bits per heavy atom. The molecule has 0 spiro atoms. The predicted molar refractivity (Wildman–Crippen MR) is 68.8 cm³/mol. The van der Waals surface area contributed by atoms with Gasteiger partial charge in [0.15, 0.2) is 0 Å². The second kappa shape index (κ2) is 4.47. The van der Waals surface area contributed by atoms with Crippen molar-refractivity contribution < 1.29 is 0 Å².